The summed E-state index contributed by atoms with van der Waals surface area (Å²) in [6.07, 6.45) is 2.37. The fourth-order valence-electron chi connectivity index (χ4n) is 0.390. The number of carbonyl (C=O) groups is 1. The maximum Gasteiger partial charge on any atom is 0.0668 e. The minimum atomic E-state index is -5.17. The zero-order valence-electron chi connectivity index (χ0n) is 10.1. The number of aliphatic carboxylic acids is 1. The molecule has 0 saturated heterocycles. The van der Waals surface area contributed by atoms with E-state index in [1.807, 2.05) is 6.92 Å². The number of quaternary nitrogens is 3. The highest BCUT2D eigenvalue weighted by molar-refractivity contribution is 7.79. The third-order valence-corrected chi connectivity index (χ3v) is 0.832. The van der Waals surface area contributed by atoms with Crippen LogP contribution in [0.1, 0.15) is 20.3 Å². The summed E-state index contributed by atoms with van der Waals surface area (Å²) in [4.78, 5) is 9.91. The Balaban J connectivity index is -0.0000000454. The van der Waals surface area contributed by atoms with Crippen molar-refractivity contribution in [1.82, 2.24) is 18.5 Å². The quantitative estimate of drug-likeness (QED) is 0.348. The van der Waals surface area contributed by atoms with Gasteiger partial charge in [-0.05, 0) is 18.9 Å². The van der Waals surface area contributed by atoms with Crippen molar-refractivity contribution in [2.45, 2.75) is 20.3 Å². The molecule has 16 heavy (non-hydrogen) atoms. The van der Waals surface area contributed by atoms with Crippen molar-refractivity contribution in [3.63, 3.8) is 0 Å². The number of carbonyl (C=O) groups excluding carboxylic acids is 1. The van der Waals surface area contributed by atoms with Crippen LogP contribution in [0.2, 0.25) is 0 Å². The monoisotopic (exact) mass is 263 g/mol. The first kappa shape index (κ1) is 29.4. The summed E-state index contributed by atoms with van der Waals surface area (Å²) in [5, 5.41) is 9.91. The molecule has 0 fully saturated rings. The molecule has 0 saturated carbocycles. The molecule has 0 aliphatic heterocycles. The van der Waals surface area contributed by atoms with Crippen molar-refractivity contribution in [1.29, 1.82) is 0 Å². The van der Waals surface area contributed by atoms with Gasteiger partial charge in [-0.15, -0.1) is 0 Å². The van der Waals surface area contributed by atoms with E-state index in [1.165, 1.54) is 6.92 Å². The van der Waals surface area contributed by atoms with Gasteiger partial charge in [0.15, 0.2) is 0 Å². The van der Waals surface area contributed by atoms with Gasteiger partial charge in [0.1, 0.15) is 0 Å². The van der Waals surface area contributed by atoms with Gasteiger partial charge in [0.2, 0.25) is 0 Å². The lowest BCUT2D eigenvalue weighted by molar-refractivity contribution is -0.299. The summed E-state index contributed by atoms with van der Waals surface area (Å²) in [5.41, 5.74) is 0.313. The summed E-state index contributed by atoms with van der Waals surface area (Å²) in [6.45, 7) is 3.41. The molecule has 0 bridgehead atoms. The predicted octanol–water partition coefficient (Wildman–Crippen LogP) is -0.117. The minimum absolute atomic E-state index is 0. The van der Waals surface area contributed by atoms with E-state index in [4.69, 9.17) is 17.5 Å². The molecule has 12 N–H and O–H groups in total. The second kappa shape index (κ2) is 14.0. The van der Waals surface area contributed by atoms with Crippen LogP contribution in [0.25, 0.3) is 0 Å². The first-order chi connectivity index (χ1) is 5.68. The van der Waals surface area contributed by atoms with Crippen LogP contribution in [0.15, 0.2) is 11.6 Å². The average molecular weight is 263 g/mol. The SMILES string of the molecule is CCC=C(C)C(=O)[O-].O=S(=O)([O-])[O-].[NH4+].[NH4+].[NH4+]. The topological polar surface area (TPSA) is 230 Å². The molecule has 102 valence electrons. The van der Waals surface area contributed by atoms with Gasteiger partial charge in [0, 0.05) is 10.4 Å². The molecule has 0 aliphatic carbocycles. The Labute approximate surface area is 94.9 Å². The molecule has 0 aromatic carbocycles. The van der Waals surface area contributed by atoms with E-state index >= 15 is 0 Å². The van der Waals surface area contributed by atoms with E-state index < -0.39 is 16.4 Å². The van der Waals surface area contributed by atoms with Gasteiger partial charge in [-0.2, -0.15) is 0 Å². The number of rotatable bonds is 2. The van der Waals surface area contributed by atoms with E-state index in [1.54, 1.807) is 6.08 Å². The lowest BCUT2D eigenvalue weighted by atomic mass is 10.2. The van der Waals surface area contributed by atoms with Crippen molar-refractivity contribution in [2.75, 3.05) is 0 Å². The Kier molecular flexibility index (Phi) is 25.6. The van der Waals surface area contributed by atoms with Crippen LogP contribution in [0.3, 0.4) is 0 Å². The molecule has 0 spiro atoms. The van der Waals surface area contributed by atoms with Crippen molar-refractivity contribution < 1.29 is 27.4 Å². The summed E-state index contributed by atoms with van der Waals surface area (Å²) < 4.78 is 34.1. The maximum atomic E-state index is 9.91. The third kappa shape index (κ3) is 52.2. The van der Waals surface area contributed by atoms with Gasteiger partial charge in [-0.1, -0.05) is 13.0 Å². The zero-order chi connectivity index (χ0) is 11.1. The fourth-order valence-corrected chi connectivity index (χ4v) is 0.390. The highest BCUT2D eigenvalue weighted by Crippen LogP contribution is 1.90. The van der Waals surface area contributed by atoms with E-state index in [0.717, 1.165) is 6.42 Å². The standard InChI is InChI=1S/C6H10O2.3H3N.H2O4S/c1-3-4-5(2)6(7)8;;;;1-5(2,3)4/h4H,3H2,1-2H3,(H,7,8);3*1H3;(H2,1,2,3,4). The smallest absolute Gasteiger partial charge is 0.0668 e. The predicted molar refractivity (Wildman–Crippen MR) is 57.5 cm³/mol. The largest absolute Gasteiger partial charge is 0.759 e. The molecule has 0 aromatic heterocycles. The van der Waals surface area contributed by atoms with Crippen LogP contribution < -0.4 is 23.6 Å². The van der Waals surface area contributed by atoms with Crippen molar-refractivity contribution in [3.8, 4) is 0 Å². The number of hydrogen-bond acceptors (Lipinski definition) is 6. The first-order valence-corrected chi connectivity index (χ1v) is 4.56. The van der Waals surface area contributed by atoms with Crippen LogP contribution in [0.5, 0.6) is 0 Å². The maximum absolute atomic E-state index is 9.91. The van der Waals surface area contributed by atoms with E-state index in [2.05, 4.69) is 0 Å². The Morgan fingerprint density at radius 2 is 1.44 bits per heavy atom. The molecule has 0 aliphatic rings. The van der Waals surface area contributed by atoms with Crippen LogP contribution >= 0.6 is 0 Å². The molecular weight excluding hydrogens is 242 g/mol. The number of carboxylic acids is 1. The van der Waals surface area contributed by atoms with Gasteiger partial charge in [0.05, 0.1) is 5.97 Å². The van der Waals surface area contributed by atoms with E-state index in [0.29, 0.717) is 5.57 Å². The van der Waals surface area contributed by atoms with Crippen LogP contribution in [-0.2, 0) is 15.2 Å². The Morgan fingerprint density at radius 1 is 1.19 bits per heavy atom. The Morgan fingerprint density at radius 3 is 1.50 bits per heavy atom. The fraction of sp³-hybridized carbons (Fsp3) is 0.500. The third-order valence-electron chi connectivity index (χ3n) is 0.832. The Hall–Kier alpha value is -1.04. The molecule has 9 nitrogen and oxygen atoms in total. The zero-order valence-corrected chi connectivity index (χ0v) is 11.0. The molecule has 0 unspecified atom stereocenters. The van der Waals surface area contributed by atoms with Crippen LogP contribution in [0.4, 0.5) is 0 Å². The first-order valence-electron chi connectivity index (χ1n) is 3.23. The molecule has 0 rings (SSSR count). The van der Waals surface area contributed by atoms with Crippen LogP contribution in [-0.4, -0.2) is 23.5 Å². The lowest BCUT2D eigenvalue weighted by Gasteiger charge is -2.06. The van der Waals surface area contributed by atoms with Gasteiger partial charge in [-0.25, -0.2) is 0 Å². The normalized spacial score (nSPS) is 9.38. The number of allylic oxidation sites excluding steroid dienone is 1. The second-order valence-corrected chi connectivity index (χ2v) is 2.81. The lowest BCUT2D eigenvalue weighted by Crippen LogP contribution is -2.22. The van der Waals surface area contributed by atoms with Crippen LogP contribution in [0, 0.1) is 0 Å². The molecule has 10 heteroatoms. The summed E-state index contributed by atoms with van der Waals surface area (Å²) in [5.74, 6) is -1.08. The average Bonchev–Trinajstić information content (AvgIpc) is 1.84. The second-order valence-electron chi connectivity index (χ2n) is 1.99. The van der Waals surface area contributed by atoms with Crippen molar-refractivity contribution in [2.24, 2.45) is 0 Å². The van der Waals surface area contributed by atoms with Gasteiger partial charge < -0.3 is 37.5 Å². The number of carboxylic acid groups (broad SMARTS) is 1. The molecular formula is C6H21N3O6S. The molecule has 0 amide bonds. The summed E-state index contributed by atoms with van der Waals surface area (Å²) in [7, 11) is -5.17. The molecule has 0 atom stereocenters. The van der Waals surface area contributed by atoms with Gasteiger partial charge in [-0.3, -0.25) is 8.42 Å². The summed E-state index contributed by atoms with van der Waals surface area (Å²) in [6, 6.07) is 0. The summed E-state index contributed by atoms with van der Waals surface area (Å²) >= 11 is 0. The van der Waals surface area contributed by atoms with E-state index in [9.17, 15) is 9.90 Å². The Bertz CT molecular complexity index is 279. The molecule has 0 heterocycles. The molecule has 0 radical (unpaired) electrons. The number of hydrogen-bond donors (Lipinski definition) is 3. The molecule has 0 aromatic rings. The van der Waals surface area contributed by atoms with Crippen molar-refractivity contribution >= 4 is 16.4 Å². The highest BCUT2D eigenvalue weighted by atomic mass is 32.3. The highest BCUT2D eigenvalue weighted by Gasteiger charge is 1.83. The van der Waals surface area contributed by atoms with Gasteiger partial charge >= 0.3 is 0 Å². The van der Waals surface area contributed by atoms with Gasteiger partial charge in [0.25, 0.3) is 0 Å². The van der Waals surface area contributed by atoms with Crippen molar-refractivity contribution in [3.05, 3.63) is 11.6 Å². The minimum Gasteiger partial charge on any atom is -0.759 e. The van der Waals surface area contributed by atoms with E-state index in [-0.39, 0.29) is 18.5 Å².